The van der Waals surface area contributed by atoms with Crippen LogP contribution in [0, 0.1) is 6.92 Å². The zero-order chi connectivity index (χ0) is 15.9. The van der Waals surface area contributed by atoms with Crippen molar-refractivity contribution in [3.63, 3.8) is 0 Å². The molecule has 7 heteroatoms. The number of nitrogens with zero attached hydrogens (tertiary/aromatic N) is 3. The molecule has 1 amide bonds. The van der Waals surface area contributed by atoms with E-state index in [0.717, 1.165) is 15.4 Å². The Labute approximate surface area is 135 Å². The maximum absolute atomic E-state index is 12.6. The van der Waals surface area contributed by atoms with Gasteiger partial charge in [0, 0.05) is 18.0 Å². The van der Waals surface area contributed by atoms with Crippen LogP contribution >= 0.6 is 15.9 Å². The second-order valence-electron chi connectivity index (χ2n) is 5.11. The Kier molecular flexibility index (Phi) is 3.74. The van der Waals surface area contributed by atoms with Gasteiger partial charge >= 0.3 is 0 Å². The van der Waals surface area contributed by atoms with Crippen LogP contribution in [0.25, 0.3) is 10.9 Å². The summed E-state index contributed by atoms with van der Waals surface area (Å²) in [5.74, 6) is 0.733. The van der Waals surface area contributed by atoms with E-state index in [4.69, 9.17) is 4.52 Å². The van der Waals surface area contributed by atoms with Gasteiger partial charge < -0.3 is 14.4 Å². The van der Waals surface area contributed by atoms with E-state index in [9.17, 15) is 4.79 Å². The smallest absolute Gasteiger partial charge is 0.269 e. The highest BCUT2D eigenvalue weighted by molar-refractivity contribution is 9.10. The van der Waals surface area contributed by atoms with Gasteiger partial charge in [-0.05, 0) is 35.8 Å². The molecule has 0 aliphatic carbocycles. The molecule has 0 radical (unpaired) electrons. The number of halogens is 1. The monoisotopic (exact) mass is 362 g/mol. The summed E-state index contributed by atoms with van der Waals surface area (Å²) in [5, 5.41) is 7.61. The first-order chi connectivity index (χ1) is 10.5. The molecule has 3 aromatic rings. The highest BCUT2D eigenvalue weighted by Gasteiger charge is 2.22. The van der Waals surface area contributed by atoms with Gasteiger partial charge in [-0.1, -0.05) is 23.4 Å². The summed E-state index contributed by atoms with van der Waals surface area (Å²) in [6.07, 6.45) is 0. The fourth-order valence-corrected chi connectivity index (χ4v) is 3.20. The Morgan fingerprint density at radius 3 is 2.77 bits per heavy atom. The van der Waals surface area contributed by atoms with Gasteiger partial charge in [0.2, 0.25) is 5.89 Å². The van der Waals surface area contributed by atoms with Crippen LogP contribution in [0.4, 0.5) is 0 Å². The van der Waals surface area contributed by atoms with E-state index in [1.165, 1.54) is 0 Å². The molecule has 0 spiro atoms. The van der Waals surface area contributed by atoms with Crippen molar-refractivity contribution in [3.05, 3.63) is 46.1 Å². The van der Waals surface area contributed by atoms with Crippen LogP contribution in [0.1, 0.15) is 35.2 Å². The Balaban J connectivity index is 1.92. The number of para-hydroxylation sites is 1. The van der Waals surface area contributed by atoms with Crippen molar-refractivity contribution in [2.45, 2.75) is 19.9 Å². The maximum Gasteiger partial charge on any atom is 0.269 e. The van der Waals surface area contributed by atoms with Crippen LogP contribution in [-0.4, -0.2) is 20.6 Å². The first-order valence-electron chi connectivity index (χ1n) is 6.83. The van der Waals surface area contributed by atoms with Gasteiger partial charge in [-0.15, -0.1) is 0 Å². The van der Waals surface area contributed by atoms with Gasteiger partial charge in [-0.25, -0.2) is 0 Å². The molecule has 0 aliphatic rings. The van der Waals surface area contributed by atoms with Crippen LogP contribution in [0.3, 0.4) is 0 Å². The fourth-order valence-electron chi connectivity index (χ4n) is 2.41. The standard InChI is InChI=1S/C15H15BrN4O2/c1-8(15-18-9(2)19-22-15)17-14(21)13-12(16)10-6-4-5-7-11(10)20(13)3/h4-8H,1-3H3,(H,17,21)/t8-/m0/s1. The molecule has 1 atom stereocenters. The van der Waals surface area contributed by atoms with Gasteiger partial charge in [0.15, 0.2) is 5.82 Å². The molecule has 0 saturated heterocycles. The molecule has 0 saturated carbocycles. The highest BCUT2D eigenvalue weighted by atomic mass is 79.9. The third kappa shape index (κ3) is 2.41. The first-order valence-corrected chi connectivity index (χ1v) is 7.62. The molecular weight excluding hydrogens is 348 g/mol. The molecule has 0 bridgehead atoms. The molecule has 3 rings (SSSR count). The van der Waals surface area contributed by atoms with Gasteiger partial charge in [-0.3, -0.25) is 4.79 Å². The maximum atomic E-state index is 12.6. The quantitative estimate of drug-likeness (QED) is 0.776. The summed E-state index contributed by atoms with van der Waals surface area (Å²) >= 11 is 3.52. The minimum absolute atomic E-state index is 0.200. The number of aryl methyl sites for hydroxylation is 2. The van der Waals surface area contributed by atoms with Crippen molar-refractivity contribution >= 4 is 32.7 Å². The van der Waals surface area contributed by atoms with Crippen molar-refractivity contribution in [1.29, 1.82) is 0 Å². The van der Waals surface area contributed by atoms with Crippen LogP contribution in [0.2, 0.25) is 0 Å². The topological polar surface area (TPSA) is 73.0 Å². The van der Waals surface area contributed by atoms with Gasteiger partial charge in [0.1, 0.15) is 11.7 Å². The number of hydrogen-bond donors (Lipinski definition) is 1. The van der Waals surface area contributed by atoms with Gasteiger partial charge in [-0.2, -0.15) is 4.98 Å². The number of aromatic nitrogens is 3. The predicted molar refractivity (Wildman–Crippen MR) is 85.5 cm³/mol. The zero-order valence-corrected chi connectivity index (χ0v) is 14.0. The number of hydrogen-bond acceptors (Lipinski definition) is 4. The average Bonchev–Trinajstić information content (AvgIpc) is 3.03. The molecule has 114 valence electrons. The molecule has 2 heterocycles. The Morgan fingerprint density at radius 2 is 2.14 bits per heavy atom. The lowest BCUT2D eigenvalue weighted by Gasteiger charge is -2.11. The van der Waals surface area contributed by atoms with E-state index in [0.29, 0.717) is 17.4 Å². The molecule has 0 fully saturated rings. The molecule has 1 N–H and O–H groups in total. The van der Waals surface area contributed by atoms with Crippen LogP contribution < -0.4 is 5.32 Å². The molecule has 22 heavy (non-hydrogen) atoms. The number of amides is 1. The summed E-state index contributed by atoms with van der Waals surface area (Å²) in [4.78, 5) is 16.7. The number of rotatable bonds is 3. The highest BCUT2D eigenvalue weighted by Crippen LogP contribution is 2.30. The lowest BCUT2D eigenvalue weighted by molar-refractivity contribution is 0.0924. The number of carbonyl (C=O) groups excluding carboxylic acids is 1. The molecule has 2 aromatic heterocycles. The predicted octanol–water partition coefficient (Wildman–Crippen LogP) is 3.12. The summed E-state index contributed by atoms with van der Waals surface area (Å²) in [7, 11) is 1.86. The van der Waals surface area contributed by atoms with E-state index < -0.39 is 0 Å². The molecule has 6 nitrogen and oxygen atoms in total. The Morgan fingerprint density at radius 1 is 1.41 bits per heavy atom. The minimum Gasteiger partial charge on any atom is -0.339 e. The van der Waals surface area contributed by atoms with E-state index in [-0.39, 0.29) is 11.9 Å². The van der Waals surface area contributed by atoms with Crippen molar-refractivity contribution in [2.24, 2.45) is 7.05 Å². The SMILES string of the molecule is Cc1noc([C@H](C)NC(=O)c2c(Br)c3ccccc3n2C)n1. The number of fused-ring (bicyclic) bond motifs is 1. The lowest BCUT2D eigenvalue weighted by atomic mass is 10.2. The van der Waals surface area contributed by atoms with Crippen molar-refractivity contribution in [2.75, 3.05) is 0 Å². The summed E-state index contributed by atoms with van der Waals surface area (Å²) in [5.41, 5.74) is 1.55. The second kappa shape index (κ2) is 5.57. The average molecular weight is 363 g/mol. The number of carbonyl (C=O) groups is 1. The Hall–Kier alpha value is -2.15. The zero-order valence-electron chi connectivity index (χ0n) is 12.4. The van der Waals surface area contributed by atoms with Gasteiger partial charge in [0.25, 0.3) is 5.91 Å². The van der Waals surface area contributed by atoms with Crippen LogP contribution in [0.15, 0.2) is 33.3 Å². The van der Waals surface area contributed by atoms with Crippen LogP contribution in [0.5, 0.6) is 0 Å². The summed E-state index contributed by atoms with van der Waals surface area (Å²) < 4.78 is 7.72. The van der Waals surface area contributed by atoms with E-state index in [2.05, 4.69) is 31.4 Å². The fraction of sp³-hybridized carbons (Fsp3) is 0.267. The minimum atomic E-state index is -0.362. The number of benzene rings is 1. The van der Waals surface area contributed by atoms with Crippen molar-refractivity contribution in [3.8, 4) is 0 Å². The third-order valence-corrected chi connectivity index (χ3v) is 4.32. The molecule has 0 aliphatic heterocycles. The second-order valence-corrected chi connectivity index (χ2v) is 5.91. The van der Waals surface area contributed by atoms with Gasteiger partial charge in [0.05, 0.1) is 4.47 Å². The van der Waals surface area contributed by atoms with E-state index in [1.807, 2.05) is 35.9 Å². The third-order valence-electron chi connectivity index (χ3n) is 3.52. The normalized spacial score (nSPS) is 12.5. The number of nitrogens with one attached hydrogen (secondary N) is 1. The summed E-state index contributed by atoms with van der Waals surface area (Å²) in [6, 6.07) is 7.47. The molecule has 0 unspecified atom stereocenters. The summed E-state index contributed by atoms with van der Waals surface area (Å²) in [6.45, 7) is 3.55. The van der Waals surface area contributed by atoms with Crippen LogP contribution in [-0.2, 0) is 7.05 Å². The van der Waals surface area contributed by atoms with E-state index >= 15 is 0 Å². The largest absolute Gasteiger partial charge is 0.339 e. The lowest BCUT2D eigenvalue weighted by Crippen LogP contribution is -2.28. The Bertz CT molecular complexity index is 813. The van der Waals surface area contributed by atoms with Crippen molar-refractivity contribution in [1.82, 2.24) is 20.0 Å². The molecular formula is C15H15BrN4O2. The van der Waals surface area contributed by atoms with Crippen molar-refractivity contribution < 1.29 is 9.32 Å². The first kappa shape index (κ1) is 14.8. The molecule has 1 aromatic carbocycles. The van der Waals surface area contributed by atoms with E-state index in [1.54, 1.807) is 13.8 Å².